The van der Waals surface area contributed by atoms with E-state index in [0.717, 1.165) is 19.3 Å². The van der Waals surface area contributed by atoms with Crippen LogP contribution in [0, 0.1) is 5.41 Å². The molecule has 7 N–H and O–H groups in total. The lowest BCUT2D eigenvalue weighted by Gasteiger charge is -2.19. The number of rotatable bonds is 3. The molecule has 8 nitrogen and oxygen atoms in total. The third-order valence-electron chi connectivity index (χ3n) is 1.07. The van der Waals surface area contributed by atoms with Gasteiger partial charge in [0.1, 0.15) is 12.1 Å². The normalized spacial score (nSPS) is 8.89. The smallest absolute Gasteiger partial charge is 0.408 e. The highest BCUT2D eigenvalue weighted by atomic mass is 16.6. The maximum atomic E-state index is 10.8. The second kappa shape index (κ2) is 14.2. The lowest BCUT2D eigenvalue weighted by atomic mass is 10.2. The van der Waals surface area contributed by atoms with E-state index >= 15 is 0 Å². The van der Waals surface area contributed by atoms with Gasteiger partial charge < -0.3 is 26.6 Å². The van der Waals surface area contributed by atoms with Crippen LogP contribution in [0.4, 0.5) is 4.79 Å². The molecular weight excluding hydrogens is 252 g/mol. The van der Waals surface area contributed by atoms with Gasteiger partial charge in [0.2, 0.25) is 0 Å². The molecule has 0 unspecified atom stereocenters. The number of alkyl carbamates (subject to hydrolysis) is 1. The monoisotopic (exact) mass is 278 g/mol. The van der Waals surface area contributed by atoms with Crippen molar-refractivity contribution in [1.82, 2.24) is 5.32 Å². The Morgan fingerprint density at radius 2 is 1.79 bits per heavy atom. The summed E-state index contributed by atoms with van der Waals surface area (Å²) in [6.07, 6.45) is 1.13. The molecule has 0 saturated carbocycles. The summed E-state index contributed by atoms with van der Waals surface area (Å²) in [5, 5.41) is 16.1. The maximum Gasteiger partial charge on any atom is 0.408 e. The zero-order valence-electron chi connectivity index (χ0n) is 12.0. The summed E-state index contributed by atoms with van der Waals surface area (Å²) in [4.78, 5) is 20.8. The third-order valence-corrected chi connectivity index (χ3v) is 1.07. The zero-order chi connectivity index (χ0) is 15.9. The van der Waals surface area contributed by atoms with Crippen molar-refractivity contribution in [2.45, 2.75) is 39.7 Å². The van der Waals surface area contributed by atoms with Crippen molar-refractivity contribution in [1.29, 1.82) is 5.41 Å². The van der Waals surface area contributed by atoms with E-state index in [0.29, 0.717) is 0 Å². The standard InChI is InChI=1S/C7H13NO4.C3H9N.CH4N2/c1-7(2,3)12-6(11)8-4-5(9)10;1-2-3-4;2-1-3/h4H2,1-3H3,(H,8,11)(H,9,10);2-4H2,1H3;1H,(H3,2,3). The Hall–Kier alpha value is -1.83. The minimum absolute atomic E-state index is 0.422. The molecule has 0 spiro atoms. The highest BCUT2D eigenvalue weighted by Gasteiger charge is 2.15. The van der Waals surface area contributed by atoms with Gasteiger partial charge in [-0.2, -0.15) is 0 Å². The first-order chi connectivity index (χ1) is 8.64. The Bertz CT molecular complexity index is 250. The summed E-state index contributed by atoms with van der Waals surface area (Å²) in [6.45, 7) is 7.56. The van der Waals surface area contributed by atoms with Crippen LogP contribution in [0.15, 0.2) is 0 Å². The first kappa shape index (κ1) is 22.4. The zero-order valence-corrected chi connectivity index (χ0v) is 12.0. The van der Waals surface area contributed by atoms with Gasteiger partial charge in [-0.25, -0.2) is 4.79 Å². The quantitative estimate of drug-likeness (QED) is 0.374. The van der Waals surface area contributed by atoms with E-state index in [1.165, 1.54) is 0 Å². The Kier molecular flexibility index (Phi) is 16.7. The van der Waals surface area contributed by atoms with Crippen molar-refractivity contribution in [2.24, 2.45) is 11.5 Å². The molecule has 0 radical (unpaired) electrons. The number of hydrogen-bond donors (Lipinski definition) is 5. The van der Waals surface area contributed by atoms with Gasteiger partial charge in [0.05, 0.1) is 6.34 Å². The minimum atomic E-state index is -1.10. The molecule has 8 heteroatoms. The van der Waals surface area contributed by atoms with Gasteiger partial charge >= 0.3 is 12.1 Å². The van der Waals surface area contributed by atoms with Crippen LogP contribution in [0.2, 0.25) is 0 Å². The summed E-state index contributed by atoms with van der Waals surface area (Å²) < 4.78 is 4.77. The molecule has 0 aromatic rings. The van der Waals surface area contributed by atoms with E-state index in [1.807, 2.05) is 0 Å². The second-order valence-electron chi connectivity index (χ2n) is 4.20. The second-order valence-corrected chi connectivity index (χ2v) is 4.20. The Labute approximate surface area is 114 Å². The highest BCUT2D eigenvalue weighted by Crippen LogP contribution is 2.05. The van der Waals surface area contributed by atoms with Crippen LogP contribution in [-0.2, 0) is 9.53 Å². The number of nitrogens with one attached hydrogen (secondary N) is 2. The first-order valence-corrected chi connectivity index (χ1v) is 5.73. The molecule has 0 aromatic carbocycles. The number of hydrogen-bond acceptors (Lipinski definition) is 5. The molecule has 1 amide bonds. The van der Waals surface area contributed by atoms with Gasteiger partial charge in [0, 0.05) is 0 Å². The van der Waals surface area contributed by atoms with Crippen LogP contribution < -0.4 is 16.8 Å². The molecule has 0 aliphatic carbocycles. The first-order valence-electron chi connectivity index (χ1n) is 5.73. The summed E-state index contributed by atoms with van der Waals surface area (Å²) in [5.41, 5.74) is 8.82. The predicted molar refractivity (Wildman–Crippen MR) is 74.2 cm³/mol. The molecule has 0 rings (SSSR count). The van der Waals surface area contributed by atoms with E-state index in [1.54, 1.807) is 20.8 Å². The predicted octanol–water partition coefficient (Wildman–Crippen LogP) is 0.503. The Morgan fingerprint density at radius 3 is 2.00 bits per heavy atom. The van der Waals surface area contributed by atoms with Crippen LogP contribution in [0.3, 0.4) is 0 Å². The average Bonchev–Trinajstić information content (AvgIpc) is 2.25. The lowest BCUT2D eigenvalue weighted by molar-refractivity contribution is -0.136. The summed E-state index contributed by atoms with van der Waals surface area (Å²) >= 11 is 0. The molecule has 19 heavy (non-hydrogen) atoms. The number of carboxylic acids is 1. The molecule has 0 saturated heterocycles. The molecule has 0 aromatic heterocycles. The van der Waals surface area contributed by atoms with Gasteiger partial charge in [0.15, 0.2) is 0 Å². The van der Waals surface area contributed by atoms with Crippen LogP contribution in [0.25, 0.3) is 0 Å². The van der Waals surface area contributed by atoms with E-state index in [9.17, 15) is 9.59 Å². The van der Waals surface area contributed by atoms with Crippen molar-refractivity contribution in [3.63, 3.8) is 0 Å². The van der Waals surface area contributed by atoms with Gasteiger partial charge in [-0.05, 0) is 33.7 Å². The van der Waals surface area contributed by atoms with Gasteiger partial charge in [-0.1, -0.05) is 6.92 Å². The van der Waals surface area contributed by atoms with Crippen molar-refractivity contribution in [3.8, 4) is 0 Å². The van der Waals surface area contributed by atoms with E-state index in [4.69, 9.17) is 21.0 Å². The molecule has 0 heterocycles. The van der Waals surface area contributed by atoms with E-state index in [-0.39, 0.29) is 0 Å². The maximum absolute atomic E-state index is 10.8. The summed E-state index contributed by atoms with van der Waals surface area (Å²) in [5.74, 6) is -1.10. The molecule has 0 aliphatic rings. The van der Waals surface area contributed by atoms with Crippen molar-refractivity contribution >= 4 is 18.4 Å². The number of aliphatic carboxylic acids is 1. The molecule has 0 atom stereocenters. The van der Waals surface area contributed by atoms with Gasteiger partial charge in [-0.15, -0.1) is 0 Å². The largest absolute Gasteiger partial charge is 0.480 e. The molecule has 0 bridgehead atoms. The Morgan fingerprint density at radius 1 is 1.42 bits per heavy atom. The molecular formula is C11H26N4O4. The number of carbonyl (C=O) groups is 2. The summed E-state index contributed by atoms with van der Waals surface area (Å²) in [7, 11) is 0. The van der Waals surface area contributed by atoms with Crippen LogP contribution in [-0.4, -0.2) is 42.2 Å². The fourth-order valence-corrected chi connectivity index (χ4v) is 0.462. The fraction of sp³-hybridized carbons (Fsp3) is 0.727. The van der Waals surface area contributed by atoms with E-state index < -0.39 is 24.2 Å². The van der Waals surface area contributed by atoms with Crippen LogP contribution in [0.1, 0.15) is 34.1 Å². The number of amides is 1. The number of carboxylic acid groups (broad SMARTS) is 1. The topological polar surface area (TPSA) is 152 Å². The minimum Gasteiger partial charge on any atom is -0.480 e. The van der Waals surface area contributed by atoms with Crippen molar-refractivity contribution in [3.05, 3.63) is 0 Å². The van der Waals surface area contributed by atoms with Crippen LogP contribution >= 0.6 is 0 Å². The molecule has 114 valence electrons. The number of nitrogens with two attached hydrogens (primary N) is 2. The average molecular weight is 278 g/mol. The van der Waals surface area contributed by atoms with Crippen molar-refractivity contribution < 1.29 is 19.4 Å². The van der Waals surface area contributed by atoms with Gasteiger partial charge in [-0.3, -0.25) is 10.2 Å². The van der Waals surface area contributed by atoms with E-state index in [2.05, 4.69) is 18.0 Å². The van der Waals surface area contributed by atoms with Gasteiger partial charge in [0.25, 0.3) is 0 Å². The third kappa shape index (κ3) is 38.6. The number of ether oxygens (including phenoxy) is 1. The van der Waals surface area contributed by atoms with Crippen molar-refractivity contribution in [2.75, 3.05) is 13.1 Å². The lowest BCUT2D eigenvalue weighted by Crippen LogP contribution is -2.35. The number of carbonyl (C=O) groups excluding carboxylic acids is 1. The summed E-state index contributed by atoms with van der Waals surface area (Å²) in [6, 6.07) is 0. The fourth-order valence-electron chi connectivity index (χ4n) is 0.462. The molecule has 0 fully saturated rings. The SMILES string of the molecule is CC(C)(C)OC(=O)NCC(=O)O.CCCN.N=CN. The van der Waals surface area contributed by atoms with Crippen LogP contribution in [0.5, 0.6) is 0 Å². The Balaban J connectivity index is -0.000000303. The molecule has 0 aliphatic heterocycles. The highest BCUT2D eigenvalue weighted by molar-refractivity contribution is 5.76.